The zero-order valence-corrected chi connectivity index (χ0v) is 18.8. The van der Waals surface area contributed by atoms with Crippen LogP contribution in [0.15, 0.2) is 36.5 Å². The number of fused-ring (bicyclic) bond motifs is 1. The minimum Gasteiger partial charge on any atom is -0.507 e. The number of nitrogens with one attached hydrogen (secondary N) is 1. The van der Waals surface area contributed by atoms with Gasteiger partial charge in [-0.25, -0.2) is 0 Å². The van der Waals surface area contributed by atoms with Gasteiger partial charge in [-0.1, -0.05) is 13.0 Å². The number of nitrogens with zero attached hydrogens (tertiary/aromatic N) is 1. The van der Waals surface area contributed by atoms with Gasteiger partial charge in [0, 0.05) is 17.2 Å². The molecule has 5 unspecified atom stereocenters. The molecule has 5 rings (SSSR count). The number of hydrogen-bond donors (Lipinski definition) is 6. The lowest BCUT2D eigenvalue weighted by atomic mass is 9.97. The van der Waals surface area contributed by atoms with Crippen molar-refractivity contribution in [3.05, 3.63) is 42.1 Å². The van der Waals surface area contributed by atoms with Crippen LogP contribution in [0.25, 0.3) is 22.4 Å². The van der Waals surface area contributed by atoms with E-state index in [0.717, 1.165) is 11.1 Å². The van der Waals surface area contributed by atoms with Crippen molar-refractivity contribution < 1.29 is 44.5 Å². The van der Waals surface area contributed by atoms with E-state index >= 15 is 0 Å². The Morgan fingerprint density at radius 2 is 1.83 bits per heavy atom. The van der Waals surface area contributed by atoms with Crippen molar-refractivity contribution in [1.29, 1.82) is 0 Å². The van der Waals surface area contributed by atoms with Gasteiger partial charge >= 0.3 is 0 Å². The van der Waals surface area contributed by atoms with Crippen LogP contribution in [-0.4, -0.2) is 79.8 Å². The van der Waals surface area contributed by atoms with E-state index in [1.807, 2.05) is 25.1 Å². The van der Waals surface area contributed by atoms with Gasteiger partial charge in [0.1, 0.15) is 35.9 Å². The molecule has 186 valence electrons. The molecule has 0 saturated carbocycles. The first-order valence-corrected chi connectivity index (χ1v) is 11.2. The molecule has 0 aliphatic carbocycles. The predicted octanol–water partition coefficient (Wildman–Crippen LogP) is 0.919. The molecule has 3 heterocycles. The van der Waals surface area contributed by atoms with E-state index in [0.29, 0.717) is 34.7 Å². The summed E-state index contributed by atoms with van der Waals surface area (Å²) in [5.41, 5.74) is 3.30. The van der Waals surface area contributed by atoms with Crippen molar-refractivity contribution >= 4 is 0 Å². The number of aromatic hydroxyl groups is 1. The molecule has 0 spiro atoms. The van der Waals surface area contributed by atoms with Crippen LogP contribution in [-0.2, 0) is 11.2 Å². The van der Waals surface area contributed by atoms with Crippen molar-refractivity contribution in [2.24, 2.45) is 0 Å². The molecule has 11 nitrogen and oxygen atoms in total. The number of ether oxygens (including phenoxy) is 4. The molecule has 1 aromatic heterocycles. The van der Waals surface area contributed by atoms with E-state index in [1.165, 1.54) is 6.07 Å². The van der Waals surface area contributed by atoms with Gasteiger partial charge in [0.05, 0.1) is 18.5 Å². The van der Waals surface area contributed by atoms with Gasteiger partial charge in [-0.05, 0) is 35.7 Å². The van der Waals surface area contributed by atoms with Crippen LogP contribution in [0.1, 0.15) is 12.5 Å². The molecule has 0 amide bonds. The minimum absolute atomic E-state index is 0.118. The van der Waals surface area contributed by atoms with Crippen LogP contribution in [0.5, 0.6) is 23.0 Å². The summed E-state index contributed by atoms with van der Waals surface area (Å²) in [6, 6.07) is 8.64. The van der Waals surface area contributed by atoms with Crippen LogP contribution in [0.2, 0.25) is 0 Å². The summed E-state index contributed by atoms with van der Waals surface area (Å²) in [4.78, 5) is 0. The molecule has 6 N–H and O–H groups in total. The molecule has 2 aromatic carbocycles. The summed E-state index contributed by atoms with van der Waals surface area (Å²) in [6.45, 7) is 1.48. The summed E-state index contributed by atoms with van der Waals surface area (Å²) in [5, 5.41) is 57.7. The first kappa shape index (κ1) is 23.4. The molecule has 1 fully saturated rings. The van der Waals surface area contributed by atoms with Gasteiger partial charge < -0.3 is 44.5 Å². The quantitative estimate of drug-likeness (QED) is 0.295. The molecular formula is C24H26N2O9. The third kappa shape index (κ3) is 4.17. The lowest BCUT2D eigenvalue weighted by molar-refractivity contribution is -0.277. The maximum absolute atomic E-state index is 10.9. The Balaban J connectivity index is 1.46. The molecule has 5 atom stereocenters. The predicted molar refractivity (Wildman–Crippen MR) is 121 cm³/mol. The zero-order chi connectivity index (χ0) is 24.7. The van der Waals surface area contributed by atoms with Crippen LogP contribution >= 0.6 is 0 Å². The Kier molecular flexibility index (Phi) is 6.26. The average Bonchev–Trinajstić information content (AvgIpc) is 3.53. The summed E-state index contributed by atoms with van der Waals surface area (Å²) < 4.78 is 22.1. The monoisotopic (exact) mass is 486 g/mol. The molecule has 2 aliphatic rings. The molecule has 35 heavy (non-hydrogen) atoms. The fourth-order valence-corrected chi connectivity index (χ4v) is 4.26. The van der Waals surface area contributed by atoms with E-state index in [-0.39, 0.29) is 18.3 Å². The number of aryl methyl sites for hydroxylation is 1. The first-order chi connectivity index (χ1) is 16.9. The van der Waals surface area contributed by atoms with E-state index in [9.17, 15) is 25.5 Å². The number of aliphatic hydroxyl groups is 4. The molecule has 0 radical (unpaired) electrons. The van der Waals surface area contributed by atoms with Crippen LogP contribution in [0.4, 0.5) is 0 Å². The third-order valence-corrected chi connectivity index (χ3v) is 6.24. The Morgan fingerprint density at radius 1 is 1.03 bits per heavy atom. The van der Waals surface area contributed by atoms with Crippen molar-refractivity contribution in [1.82, 2.24) is 10.2 Å². The topological polar surface area (TPSA) is 167 Å². The van der Waals surface area contributed by atoms with Gasteiger partial charge in [0.2, 0.25) is 13.1 Å². The second kappa shape index (κ2) is 9.36. The number of phenolic OH excluding ortho intramolecular Hbond substituents is 1. The molecule has 11 heteroatoms. The molecule has 2 aliphatic heterocycles. The number of aromatic amines is 1. The fraction of sp³-hybridized carbons (Fsp3) is 0.375. The van der Waals surface area contributed by atoms with Crippen LogP contribution in [0, 0.1) is 0 Å². The standard InChI is InChI=1S/C24H26N2O9/c1-2-11-5-13(20-14(8-25-26-20)12-3-4-16-18(6-12)33-10-32-16)15(28)7-17(11)34-24-23(31)22(30)21(29)19(9-27)35-24/h3-8,19,21-24,27-31H,2,9-10H2,1H3,(H,25,26). The number of H-pyrrole nitrogens is 1. The maximum atomic E-state index is 10.9. The summed E-state index contributed by atoms with van der Waals surface area (Å²) in [5.74, 6) is 1.39. The number of benzene rings is 2. The van der Waals surface area contributed by atoms with E-state index in [1.54, 1.807) is 12.3 Å². The highest BCUT2D eigenvalue weighted by Crippen LogP contribution is 2.42. The maximum Gasteiger partial charge on any atom is 0.231 e. The van der Waals surface area contributed by atoms with Gasteiger partial charge in [0.15, 0.2) is 11.5 Å². The SMILES string of the molecule is CCc1cc(-c2[nH]ncc2-c2ccc3c(c2)OCO3)c(O)cc1OC1OC(CO)C(O)C(O)C1O. The van der Waals surface area contributed by atoms with E-state index in [2.05, 4.69) is 10.2 Å². The zero-order valence-electron chi connectivity index (χ0n) is 18.8. The summed E-state index contributed by atoms with van der Waals surface area (Å²) >= 11 is 0. The highest BCUT2D eigenvalue weighted by atomic mass is 16.7. The number of phenols is 1. The van der Waals surface area contributed by atoms with Crippen LogP contribution in [0.3, 0.4) is 0 Å². The normalized spacial score (nSPS) is 25.6. The van der Waals surface area contributed by atoms with Gasteiger partial charge in [0.25, 0.3) is 0 Å². The Morgan fingerprint density at radius 3 is 2.60 bits per heavy atom. The smallest absolute Gasteiger partial charge is 0.231 e. The van der Waals surface area contributed by atoms with E-state index in [4.69, 9.17) is 18.9 Å². The number of aliphatic hydroxyl groups excluding tert-OH is 4. The Hall–Kier alpha value is -3.35. The lowest BCUT2D eigenvalue weighted by Crippen LogP contribution is -2.60. The first-order valence-electron chi connectivity index (χ1n) is 11.2. The van der Waals surface area contributed by atoms with Crippen molar-refractivity contribution in [3.8, 4) is 45.4 Å². The molecule has 0 bridgehead atoms. The second-order valence-corrected chi connectivity index (χ2v) is 8.37. The highest BCUT2D eigenvalue weighted by Gasteiger charge is 2.45. The number of aromatic nitrogens is 2. The lowest BCUT2D eigenvalue weighted by Gasteiger charge is -2.39. The number of rotatable bonds is 6. The highest BCUT2D eigenvalue weighted by molar-refractivity contribution is 5.84. The largest absolute Gasteiger partial charge is 0.507 e. The van der Waals surface area contributed by atoms with Crippen molar-refractivity contribution in [3.63, 3.8) is 0 Å². The van der Waals surface area contributed by atoms with Gasteiger partial charge in [-0.15, -0.1) is 0 Å². The van der Waals surface area contributed by atoms with Crippen molar-refractivity contribution in [2.75, 3.05) is 13.4 Å². The summed E-state index contributed by atoms with van der Waals surface area (Å²) in [7, 11) is 0. The van der Waals surface area contributed by atoms with Crippen molar-refractivity contribution in [2.45, 2.75) is 44.1 Å². The second-order valence-electron chi connectivity index (χ2n) is 8.37. The number of hydrogen-bond acceptors (Lipinski definition) is 10. The van der Waals surface area contributed by atoms with Gasteiger partial charge in [-0.3, -0.25) is 5.10 Å². The van der Waals surface area contributed by atoms with Gasteiger partial charge in [-0.2, -0.15) is 5.10 Å². The Bertz CT molecular complexity index is 1210. The molecular weight excluding hydrogens is 460 g/mol. The van der Waals surface area contributed by atoms with E-state index < -0.39 is 37.3 Å². The molecule has 1 saturated heterocycles. The van der Waals surface area contributed by atoms with Crippen LogP contribution < -0.4 is 14.2 Å². The average molecular weight is 486 g/mol. The Labute approximate surface area is 200 Å². The third-order valence-electron chi connectivity index (χ3n) is 6.24. The summed E-state index contributed by atoms with van der Waals surface area (Å²) in [6.07, 6.45) is -4.94. The molecule has 3 aromatic rings. The fourth-order valence-electron chi connectivity index (χ4n) is 4.26. The minimum atomic E-state index is -1.57.